The SMILES string of the molecule is O=[N+]([O-])C1=CC(C(F)(F)F)C(OC2CCNCC2)C=C1. The van der Waals surface area contributed by atoms with Crippen LogP contribution in [0.2, 0.25) is 0 Å². The van der Waals surface area contributed by atoms with Crippen LogP contribution >= 0.6 is 0 Å². The molecule has 5 nitrogen and oxygen atoms in total. The average Bonchev–Trinajstić information content (AvgIpc) is 2.39. The van der Waals surface area contributed by atoms with Crippen LogP contribution in [0, 0.1) is 16.0 Å². The first-order valence-electron chi connectivity index (χ1n) is 6.35. The monoisotopic (exact) mass is 292 g/mol. The van der Waals surface area contributed by atoms with Gasteiger partial charge in [-0.1, -0.05) is 0 Å². The Morgan fingerprint density at radius 3 is 2.55 bits per heavy atom. The van der Waals surface area contributed by atoms with Crippen LogP contribution in [-0.2, 0) is 4.74 Å². The molecule has 1 fully saturated rings. The van der Waals surface area contributed by atoms with Gasteiger partial charge < -0.3 is 10.1 Å². The van der Waals surface area contributed by atoms with Crippen molar-refractivity contribution < 1.29 is 22.8 Å². The van der Waals surface area contributed by atoms with Crippen molar-refractivity contribution in [2.75, 3.05) is 13.1 Å². The van der Waals surface area contributed by atoms with E-state index < -0.39 is 28.8 Å². The molecule has 0 saturated carbocycles. The second-order valence-electron chi connectivity index (χ2n) is 4.83. The lowest BCUT2D eigenvalue weighted by molar-refractivity contribution is -0.420. The molecule has 0 bridgehead atoms. The van der Waals surface area contributed by atoms with E-state index >= 15 is 0 Å². The second kappa shape index (κ2) is 5.92. The molecule has 20 heavy (non-hydrogen) atoms. The summed E-state index contributed by atoms with van der Waals surface area (Å²) in [5, 5.41) is 13.7. The number of nitro groups is 1. The van der Waals surface area contributed by atoms with Gasteiger partial charge in [-0.2, -0.15) is 13.2 Å². The Balaban J connectivity index is 2.11. The third-order valence-corrected chi connectivity index (χ3v) is 3.39. The van der Waals surface area contributed by atoms with Crippen LogP contribution in [0.4, 0.5) is 13.2 Å². The van der Waals surface area contributed by atoms with E-state index in [1.54, 1.807) is 0 Å². The highest BCUT2D eigenvalue weighted by Crippen LogP contribution is 2.36. The third-order valence-electron chi connectivity index (χ3n) is 3.39. The molecule has 0 radical (unpaired) electrons. The maximum absolute atomic E-state index is 13.0. The predicted octanol–water partition coefficient (Wildman–Crippen LogP) is 2.03. The van der Waals surface area contributed by atoms with Crippen molar-refractivity contribution in [1.82, 2.24) is 5.32 Å². The molecule has 2 atom stereocenters. The van der Waals surface area contributed by atoms with Crippen molar-refractivity contribution in [3.8, 4) is 0 Å². The van der Waals surface area contributed by atoms with Crippen molar-refractivity contribution in [3.05, 3.63) is 34.0 Å². The molecule has 1 heterocycles. The van der Waals surface area contributed by atoms with Crippen LogP contribution in [0.1, 0.15) is 12.8 Å². The zero-order chi connectivity index (χ0) is 14.8. The lowest BCUT2D eigenvalue weighted by Gasteiger charge is -2.31. The Morgan fingerprint density at radius 1 is 1.35 bits per heavy atom. The lowest BCUT2D eigenvalue weighted by atomic mass is 9.94. The fourth-order valence-corrected chi connectivity index (χ4v) is 2.33. The fourth-order valence-electron chi connectivity index (χ4n) is 2.33. The summed E-state index contributed by atoms with van der Waals surface area (Å²) in [4.78, 5) is 9.77. The summed E-state index contributed by atoms with van der Waals surface area (Å²) in [7, 11) is 0. The third kappa shape index (κ3) is 3.57. The van der Waals surface area contributed by atoms with Crippen molar-refractivity contribution in [1.29, 1.82) is 0 Å². The molecule has 0 aromatic heterocycles. The number of nitrogens with one attached hydrogen (secondary N) is 1. The topological polar surface area (TPSA) is 64.4 Å². The van der Waals surface area contributed by atoms with Crippen LogP contribution in [0.25, 0.3) is 0 Å². The molecular formula is C12H15F3N2O3. The van der Waals surface area contributed by atoms with Gasteiger partial charge in [0, 0.05) is 12.2 Å². The molecule has 8 heteroatoms. The van der Waals surface area contributed by atoms with E-state index in [1.807, 2.05) is 0 Å². The maximum Gasteiger partial charge on any atom is 0.398 e. The summed E-state index contributed by atoms with van der Waals surface area (Å²) < 4.78 is 44.5. The van der Waals surface area contributed by atoms with Gasteiger partial charge in [-0.05, 0) is 32.0 Å². The largest absolute Gasteiger partial charge is 0.398 e. The van der Waals surface area contributed by atoms with Crippen molar-refractivity contribution in [2.45, 2.75) is 31.2 Å². The minimum Gasteiger partial charge on any atom is -0.370 e. The highest BCUT2D eigenvalue weighted by atomic mass is 19.4. The minimum atomic E-state index is -4.57. The van der Waals surface area contributed by atoms with Gasteiger partial charge in [0.25, 0.3) is 5.70 Å². The molecule has 112 valence electrons. The number of nitrogens with zero attached hydrogens (tertiary/aromatic N) is 1. The number of allylic oxidation sites excluding steroid dienone is 1. The number of halogens is 3. The van der Waals surface area contributed by atoms with E-state index in [2.05, 4.69) is 5.32 Å². The fraction of sp³-hybridized carbons (Fsp3) is 0.667. The van der Waals surface area contributed by atoms with Crippen molar-refractivity contribution in [2.24, 2.45) is 5.92 Å². The number of rotatable bonds is 3. The van der Waals surface area contributed by atoms with Gasteiger partial charge in [-0.3, -0.25) is 10.1 Å². The van der Waals surface area contributed by atoms with Gasteiger partial charge in [-0.25, -0.2) is 0 Å². The van der Waals surface area contributed by atoms with E-state index in [0.29, 0.717) is 32.0 Å². The maximum atomic E-state index is 13.0. The van der Waals surface area contributed by atoms with Gasteiger partial charge >= 0.3 is 6.18 Å². The highest BCUT2D eigenvalue weighted by Gasteiger charge is 2.46. The molecule has 0 aromatic carbocycles. The number of alkyl halides is 3. The predicted molar refractivity (Wildman–Crippen MR) is 64.5 cm³/mol. The molecule has 1 N–H and O–H groups in total. The number of ether oxygens (including phenoxy) is 1. The first-order valence-corrected chi connectivity index (χ1v) is 6.35. The lowest BCUT2D eigenvalue weighted by Crippen LogP contribution is -2.40. The zero-order valence-corrected chi connectivity index (χ0v) is 10.6. The number of hydrogen-bond donors (Lipinski definition) is 1. The van der Waals surface area contributed by atoms with Crippen LogP contribution in [0.15, 0.2) is 23.9 Å². The summed E-state index contributed by atoms with van der Waals surface area (Å²) in [6, 6.07) is 0. The normalized spacial score (nSPS) is 28.2. The van der Waals surface area contributed by atoms with Crippen LogP contribution < -0.4 is 5.32 Å². The Kier molecular flexibility index (Phi) is 4.44. The first kappa shape index (κ1) is 15.0. The quantitative estimate of drug-likeness (QED) is 0.638. The van der Waals surface area contributed by atoms with Crippen LogP contribution in [0.3, 0.4) is 0 Å². The average molecular weight is 292 g/mol. The van der Waals surface area contributed by atoms with E-state index in [-0.39, 0.29) is 6.10 Å². The van der Waals surface area contributed by atoms with E-state index in [0.717, 1.165) is 12.2 Å². The number of hydrogen-bond acceptors (Lipinski definition) is 4. The van der Waals surface area contributed by atoms with Crippen molar-refractivity contribution in [3.63, 3.8) is 0 Å². The van der Waals surface area contributed by atoms with Gasteiger partial charge in [-0.15, -0.1) is 0 Å². The summed E-state index contributed by atoms with van der Waals surface area (Å²) in [5.41, 5.74) is -0.544. The second-order valence-corrected chi connectivity index (χ2v) is 4.83. The standard InChI is InChI=1S/C12H15F3N2O3/c13-12(14,15)10-7-8(17(18)19)1-2-11(10)20-9-3-5-16-6-4-9/h1-2,7,9-11,16H,3-6H2. The van der Waals surface area contributed by atoms with Gasteiger partial charge in [0.1, 0.15) is 5.92 Å². The molecule has 0 spiro atoms. The zero-order valence-electron chi connectivity index (χ0n) is 10.6. The van der Waals surface area contributed by atoms with Crippen LogP contribution in [-0.4, -0.2) is 36.4 Å². The summed E-state index contributed by atoms with van der Waals surface area (Å²) in [5.74, 6) is -1.97. The smallest absolute Gasteiger partial charge is 0.370 e. The summed E-state index contributed by atoms with van der Waals surface area (Å²) >= 11 is 0. The molecule has 2 unspecified atom stereocenters. The summed E-state index contributed by atoms with van der Waals surface area (Å²) in [6.45, 7) is 1.40. The number of piperidine rings is 1. The molecule has 2 rings (SSSR count). The highest BCUT2D eigenvalue weighted by molar-refractivity contribution is 5.22. The molecule has 0 aromatic rings. The molecule has 1 saturated heterocycles. The van der Waals surface area contributed by atoms with Crippen LogP contribution in [0.5, 0.6) is 0 Å². The Hall–Kier alpha value is -1.41. The molecule has 2 aliphatic rings. The van der Waals surface area contributed by atoms with Gasteiger partial charge in [0.2, 0.25) is 0 Å². The molecule has 1 aliphatic heterocycles. The Labute approximate surface area is 113 Å². The Bertz CT molecular complexity index is 428. The molecule has 1 aliphatic carbocycles. The molecule has 0 amide bonds. The molecular weight excluding hydrogens is 277 g/mol. The van der Waals surface area contributed by atoms with E-state index in [1.165, 1.54) is 0 Å². The van der Waals surface area contributed by atoms with Crippen molar-refractivity contribution >= 4 is 0 Å². The summed E-state index contributed by atoms with van der Waals surface area (Å²) in [6.07, 6.45) is -1.88. The minimum absolute atomic E-state index is 0.249. The van der Waals surface area contributed by atoms with Gasteiger partial charge in [0.05, 0.1) is 17.1 Å². The van der Waals surface area contributed by atoms with E-state index in [9.17, 15) is 23.3 Å². The van der Waals surface area contributed by atoms with E-state index in [4.69, 9.17) is 4.74 Å². The van der Waals surface area contributed by atoms with Gasteiger partial charge in [0.15, 0.2) is 0 Å². The Morgan fingerprint density at radius 2 is 2.00 bits per heavy atom. The first-order chi connectivity index (χ1) is 9.38.